The number of rotatable bonds is 1. The van der Waals surface area contributed by atoms with Crippen LogP contribution in [0.3, 0.4) is 0 Å². The third-order valence-electron chi connectivity index (χ3n) is 3.13. The molecule has 20 heavy (non-hydrogen) atoms. The van der Waals surface area contributed by atoms with E-state index in [0.29, 0.717) is 0 Å². The number of hydrogen-bond acceptors (Lipinski definition) is 2. The fourth-order valence-corrected chi connectivity index (χ4v) is 2.38. The van der Waals surface area contributed by atoms with Crippen LogP contribution in [0.25, 0.3) is 6.08 Å². The summed E-state index contributed by atoms with van der Waals surface area (Å²) < 4.78 is 5.23. The molecule has 3 rings (SSSR count). The van der Waals surface area contributed by atoms with Crippen LogP contribution in [0.5, 0.6) is 0 Å². The van der Waals surface area contributed by atoms with Crippen LogP contribution < -0.4 is 0 Å². The first-order valence-corrected chi connectivity index (χ1v) is 6.99. The second-order valence-corrected chi connectivity index (χ2v) is 5.06. The van der Waals surface area contributed by atoms with Gasteiger partial charge in [-0.25, -0.2) is 0 Å². The monoisotopic (exact) mass is 282 g/mol. The predicted molar refractivity (Wildman–Crippen MR) is 89.2 cm³/mol. The van der Waals surface area contributed by atoms with Gasteiger partial charge in [0.25, 0.3) is 0 Å². The lowest BCUT2D eigenvalue weighted by atomic mass is 9.95. The minimum absolute atomic E-state index is 0.0371. The molecule has 0 spiro atoms. The molecular formula is C18H18OS. The minimum atomic E-state index is -0.0371. The summed E-state index contributed by atoms with van der Waals surface area (Å²) in [7, 11) is 1.68. The Morgan fingerprint density at radius 3 is 2.20 bits per heavy atom. The molecule has 0 saturated heterocycles. The van der Waals surface area contributed by atoms with E-state index in [-0.39, 0.29) is 6.10 Å². The molecule has 1 unspecified atom stereocenters. The number of methoxy groups -OCH3 is 1. The molecule has 2 heteroatoms. The predicted octanol–water partition coefficient (Wildman–Crippen LogP) is 4.44. The van der Waals surface area contributed by atoms with Crippen LogP contribution in [0, 0.1) is 6.92 Å². The van der Waals surface area contributed by atoms with E-state index in [9.17, 15) is 0 Å². The largest absolute Gasteiger partial charge is 0.372 e. The summed E-state index contributed by atoms with van der Waals surface area (Å²) in [4.78, 5) is 0.876. The normalized spacial score (nSPS) is 16.1. The van der Waals surface area contributed by atoms with E-state index < -0.39 is 0 Å². The Balaban J connectivity index is 0.000000178. The van der Waals surface area contributed by atoms with Crippen molar-refractivity contribution in [3.05, 3.63) is 77.4 Å². The van der Waals surface area contributed by atoms with E-state index in [1.165, 1.54) is 11.1 Å². The van der Waals surface area contributed by atoms with Gasteiger partial charge in [-0.15, -0.1) is 0 Å². The molecule has 0 fully saturated rings. The number of aryl methyl sites for hydroxylation is 1. The Kier molecular flexibility index (Phi) is 5.22. The van der Waals surface area contributed by atoms with Crippen LogP contribution in [0.4, 0.5) is 0 Å². The molecule has 1 nitrogen and oxygen atoms in total. The summed E-state index contributed by atoms with van der Waals surface area (Å²) in [5.74, 6) is 0. The van der Waals surface area contributed by atoms with Crippen molar-refractivity contribution in [3.63, 3.8) is 0 Å². The lowest BCUT2D eigenvalue weighted by Crippen LogP contribution is -2.22. The number of ether oxygens (including phenoxy) is 1. The van der Waals surface area contributed by atoms with Gasteiger partial charge in [-0.05, 0) is 24.1 Å². The standard InChI is InChI=1S/C11H10OS.C7H8/c1-12-10-7-6-8-4-2-3-5-9(8)11(10)13;1-7-5-3-2-4-6-7/h2-7,10H,1H3;2-6H,1H3. The Bertz CT molecular complexity index is 602. The van der Waals surface area contributed by atoms with Crippen molar-refractivity contribution in [2.45, 2.75) is 13.0 Å². The summed E-state index contributed by atoms with van der Waals surface area (Å²) >= 11 is 5.30. The maximum Gasteiger partial charge on any atom is 0.111 e. The molecule has 1 atom stereocenters. The molecule has 0 bridgehead atoms. The highest BCUT2D eigenvalue weighted by Gasteiger charge is 2.18. The molecule has 0 aromatic heterocycles. The average molecular weight is 282 g/mol. The zero-order chi connectivity index (χ0) is 14.4. The molecule has 0 heterocycles. The average Bonchev–Trinajstić information content (AvgIpc) is 2.49. The van der Waals surface area contributed by atoms with Gasteiger partial charge in [0, 0.05) is 7.11 Å². The van der Waals surface area contributed by atoms with Crippen LogP contribution in [0.2, 0.25) is 0 Å². The topological polar surface area (TPSA) is 9.23 Å². The Morgan fingerprint density at radius 1 is 0.950 bits per heavy atom. The smallest absolute Gasteiger partial charge is 0.111 e. The summed E-state index contributed by atoms with van der Waals surface area (Å²) in [5, 5.41) is 0. The number of hydrogen-bond donors (Lipinski definition) is 0. The van der Waals surface area contributed by atoms with E-state index in [4.69, 9.17) is 17.0 Å². The third kappa shape index (κ3) is 3.62. The summed E-state index contributed by atoms with van der Waals surface area (Å²) in [6.07, 6.45) is 4.01. The van der Waals surface area contributed by atoms with Crippen LogP contribution in [0.15, 0.2) is 60.7 Å². The quantitative estimate of drug-likeness (QED) is 0.715. The van der Waals surface area contributed by atoms with E-state index >= 15 is 0 Å². The molecule has 0 saturated carbocycles. The zero-order valence-electron chi connectivity index (χ0n) is 11.7. The SMILES string of the molecule is COC1C=Cc2ccccc2C1=S.Cc1ccccc1. The first kappa shape index (κ1) is 14.6. The Morgan fingerprint density at radius 2 is 1.60 bits per heavy atom. The number of benzene rings is 2. The first-order valence-electron chi connectivity index (χ1n) is 6.58. The van der Waals surface area contributed by atoms with Gasteiger partial charge in [-0.1, -0.05) is 78.5 Å². The van der Waals surface area contributed by atoms with E-state index in [0.717, 1.165) is 10.4 Å². The van der Waals surface area contributed by atoms with E-state index in [1.807, 2.05) is 42.5 Å². The molecule has 102 valence electrons. The summed E-state index contributed by atoms with van der Waals surface area (Å²) in [6.45, 7) is 2.08. The van der Waals surface area contributed by atoms with Crippen molar-refractivity contribution in [2.24, 2.45) is 0 Å². The number of fused-ring (bicyclic) bond motifs is 1. The minimum Gasteiger partial charge on any atom is -0.372 e. The highest BCUT2D eigenvalue weighted by Crippen LogP contribution is 2.20. The molecule has 0 amide bonds. The van der Waals surface area contributed by atoms with Crippen LogP contribution in [-0.2, 0) is 4.74 Å². The molecule has 0 aliphatic heterocycles. The molecule has 1 aliphatic rings. The third-order valence-corrected chi connectivity index (χ3v) is 3.58. The fourth-order valence-electron chi connectivity index (χ4n) is 2.02. The second kappa shape index (κ2) is 7.13. The van der Waals surface area contributed by atoms with Crippen LogP contribution in [0.1, 0.15) is 16.7 Å². The number of thiocarbonyl (C=S) groups is 1. The highest BCUT2D eigenvalue weighted by molar-refractivity contribution is 7.81. The lowest BCUT2D eigenvalue weighted by Gasteiger charge is -2.18. The van der Waals surface area contributed by atoms with Gasteiger partial charge in [0.1, 0.15) is 6.10 Å². The summed E-state index contributed by atoms with van der Waals surface area (Å²) in [6, 6.07) is 18.4. The molecular weight excluding hydrogens is 264 g/mol. The van der Waals surface area contributed by atoms with Gasteiger partial charge in [0.05, 0.1) is 4.86 Å². The van der Waals surface area contributed by atoms with Crippen molar-refractivity contribution < 1.29 is 4.74 Å². The zero-order valence-corrected chi connectivity index (χ0v) is 12.6. The van der Waals surface area contributed by atoms with E-state index in [1.54, 1.807) is 7.11 Å². The Hall–Kier alpha value is -1.77. The van der Waals surface area contributed by atoms with Gasteiger partial charge in [-0.3, -0.25) is 0 Å². The van der Waals surface area contributed by atoms with Gasteiger partial charge in [-0.2, -0.15) is 0 Å². The van der Waals surface area contributed by atoms with Gasteiger partial charge in [0.15, 0.2) is 0 Å². The maximum absolute atomic E-state index is 5.30. The van der Waals surface area contributed by atoms with Crippen molar-refractivity contribution >= 4 is 23.2 Å². The molecule has 1 aliphatic carbocycles. The van der Waals surface area contributed by atoms with E-state index in [2.05, 4.69) is 31.2 Å². The molecule has 2 aromatic carbocycles. The van der Waals surface area contributed by atoms with Crippen LogP contribution in [-0.4, -0.2) is 18.1 Å². The van der Waals surface area contributed by atoms with Crippen molar-refractivity contribution in [1.29, 1.82) is 0 Å². The molecule has 2 aromatic rings. The van der Waals surface area contributed by atoms with Crippen molar-refractivity contribution in [1.82, 2.24) is 0 Å². The fraction of sp³-hybridized carbons (Fsp3) is 0.167. The van der Waals surface area contributed by atoms with Gasteiger partial charge >= 0.3 is 0 Å². The van der Waals surface area contributed by atoms with Crippen molar-refractivity contribution in [2.75, 3.05) is 7.11 Å². The first-order chi connectivity index (χ1) is 9.72. The maximum atomic E-state index is 5.30. The molecule has 0 radical (unpaired) electrons. The van der Waals surface area contributed by atoms with Crippen LogP contribution >= 0.6 is 12.2 Å². The van der Waals surface area contributed by atoms with Crippen molar-refractivity contribution in [3.8, 4) is 0 Å². The van der Waals surface area contributed by atoms with Gasteiger partial charge < -0.3 is 4.74 Å². The lowest BCUT2D eigenvalue weighted by molar-refractivity contribution is 0.193. The molecule has 0 N–H and O–H groups in total. The second-order valence-electron chi connectivity index (χ2n) is 4.62. The van der Waals surface area contributed by atoms with Gasteiger partial charge in [0.2, 0.25) is 0 Å². The summed E-state index contributed by atoms with van der Waals surface area (Å²) in [5.41, 5.74) is 3.62. The Labute approximate surface area is 125 Å². The highest BCUT2D eigenvalue weighted by atomic mass is 32.1.